The summed E-state index contributed by atoms with van der Waals surface area (Å²) in [5.41, 5.74) is 0. The molecule has 3 fully saturated rings. The first-order chi connectivity index (χ1) is 18.2. The largest absolute Gasteiger partial charge is 0.414 e. The molecule has 2 unspecified atom stereocenters. The first-order valence-corrected chi connectivity index (χ1v) is 18.4. The van der Waals surface area contributed by atoms with Crippen LogP contribution in [0.2, 0.25) is 18.1 Å². The zero-order valence-corrected chi connectivity index (χ0v) is 26.0. The molecule has 1 saturated carbocycles. The summed E-state index contributed by atoms with van der Waals surface area (Å²) in [4.78, 5) is 11.8. The van der Waals surface area contributed by atoms with Crippen molar-refractivity contribution < 1.29 is 28.2 Å². The van der Waals surface area contributed by atoms with Gasteiger partial charge in [-0.1, -0.05) is 45.8 Å². The molecule has 1 aliphatic carbocycles. The average Bonchev–Trinajstić information content (AvgIpc) is 3.18. The molecule has 2 heterocycles. The number of hydrogen-bond donors (Lipinski definition) is 0. The van der Waals surface area contributed by atoms with E-state index in [9.17, 15) is 4.79 Å². The van der Waals surface area contributed by atoms with Gasteiger partial charge in [0.05, 0.1) is 12.2 Å². The zero-order chi connectivity index (χ0) is 27.4. The van der Waals surface area contributed by atoms with Crippen molar-refractivity contribution in [2.45, 2.75) is 147 Å². The fourth-order valence-electron chi connectivity index (χ4n) is 5.65. The second kappa shape index (κ2) is 16.0. The lowest BCUT2D eigenvalue weighted by atomic mass is 9.90. The Bertz CT molecular complexity index is 693. The van der Waals surface area contributed by atoms with Crippen LogP contribution in [0.3, 0.4) is 0 Å². The van der Waals surface area contributed by atoms with E-state index in [1.165, 1.54) is 25.7 Å². The summed E-state index contributed by atoms with van der Waals surface area (Å²) in [5, 5.41) is 0.129. The Morgan fingerprint density at radius 1 is 0.895 bits per heavy atom. The summed E-state index contributed by atoms with van der Waals surface area (Å²) in [6.07, 6.45) is 19.4. The van der Waals surface area contributed by atoms with Crippen LogP contribution in [0.25, 0.3) is 0 Å². The molecule has 0 amide bonds. The summed E-state index contributed by atoms with van der Waals surface area (Å²) >= 11 is 0. The third-order valence-corrected chi connectivity index (χ3v) is 13.5. The van der Waals surface area contributed by atoms with E-state index in [0.29, 0.717) is 6.42 Å². The van der Waals surface area contributed by atoms with Crippen LogP contribution in [0.1, 0.15) is 104 Å². The van der Waals surface area contributed by atoms with Crippen LogP contribution >= 0.6 is 0 Å². The minimum Gasteiger partial charge on any atom is -0.414 e. The van der Waals surface area contributed by atoms with Gasteiger partial charge in [0.1, 0.15) is 6.29 Å². The molecule has 38 heavy (non-hydrogen) atoms. The molecule has 2 aliphatic heterocycles. The number of rotatable bonds is 15. The standard InChI is InChI=1S/C31H56O6Si/c1-31(2,3)38(4,5)37-28-24-27(36-30-18-12-15-23-35-30)25(26(28)19-20-32)16-10-8-6-7-9-13-21-33-29-17-11-14-22-34-29/h10,16,20,25-30H,6-9,11-15,17-19,21-24H2,1-5H3/t25-,26-,27-,28+,29?,30?/m1/s1. The maximum Gasteiger partial charge on any atom is 0.192 e. The Morgan fingerprint density at radius 2 is 1.58 bits per heavy atom. The lowest BCUT2D eigenvalue weighted by molar-refractivity contribution is -0.193. The van der Waals surface area contributed by atoms with Gasteiger partial charge in [-0.15, -0.1) is 0 Å². The Kier molecular flexibility index (Phi) is 13.5. The molecule has 7 heteroatoms. The van der Waals surface area contributed by atoms with Crippen LogP contribution in [0, 0.1) is 11.8 Å². The van der Waals surface area contributed by atoms with Gasteiger partial charge in [-0.25, -0.2) is 0 Å². The molecule has 3 rings (SSSR count). The first kappa shape index (κ1) is 31.9. The van der Waals surface area contributed by atoms with Crippen molar-refractivity contribution in [1.82, 2.24) is 0 Å². The van der Waals surface area contributed by atoms with E-state index in [1.807, 2.05) is 0 Å². The van der Waals surface area contributed by atoms with Crippen LogP contribution in [0.15, 0.2) is 12.2 Å². The van der Waals surface area contributed by atoms with E-state index in [0.717, 1.165) is 77.5 Å². The lowest BCUT2D eigenvalue weighted by Crippen LogP contribution is -2.45. The molecular formula is C31H56O6Si. The number of hydrogen-bond acceptors (Lipinski definition) is 6. The van der Waals surface area contributed by atoms with Gasteiger partial charge < -0.3 is 28.2 Å². The predicted octanol–water partition coefficient (Wildman–Crippen LogP) is 7.56. The second-order valence-corrected chi connectivity index (χ2v) is 17.8. The highest BCUT2D eigenvalue weighted by atomic mass is 28.4. The fourth-order valence-corrected chi connectivity index (χ4v) is 7.03. The minimum absolute atomic E-state index is 0.0241. The normalized spacial score (nSPS) is 31.2. The third kappa shape index (κ3) is 10.1. The molecule has 2 saturated heterocycles. The molecule has 6 atom stereocenters. The predicted molar refractivity (Wildman–Crippen MR) is 155 cm³/mol. The van der Waals surface area contributed by atoms with Gasteiger partial charge in [0.15, 0.2) is 20.9 Å². The van der Waals surface area contributed by atoms with E-state index in [2.05, 4.69) is 46.0 Å². The molecule has 0 spiro atoms. The summed E-state index contributed by atoms with van der Waals surface area (Å²) in [6, 6.07) is 0. The highest BCUT2D eigenvalue weighted by Crippen LogP contribution is 2.45. The van der Waals surface area contributed by atoms with Crippen molar-refractivity contribution in [2.75, 3.05) is 19.8 Å². The van der Waals surface area contributed by atoms with Crippen molar-refractivity contribution in [1.29, 1.82) is 0 Å². The number of carbonyl (C=O) groups excluding carboxylic acids is 1. The van der Waals surface area contributed by atoms with Crippen LogP contribution in [-0.2, 0) is 28.2 Å². The second-order valence-electron chi connectivity index (χ2n) is 13.1. The van der Waals surface area contributed by atoms with Crippen LogP contribution in [0.4, 0.5) is 0 Å². The maximum absolute atomic E-state index is 11.8. The maximum atomic E-state index is 11.8. The summed E-state index contributed by atoms with van der Waals surface area (Å²) in [7, 11) is -1.97. The van der Waals surface area contributed by atoms with Crippen LogP contribution in [0.5, 0.6) is 0 Å². The van der Waals surface area contributed by atoms with Gasteiger partial charge in [0.2, 0.25) is 0 Å². The van der Waals surface area contributed by atoms with Gasteiger partial charge in [0, 0.05) is 32.2 Å². The molecule has 3 aliphatic rings. The molecule has 0 radical (unpaired) electrons. The van der Waals surface area contributed by atoms with Crippen molar-refractivity contribution in [3.8, 4) is 0 Å². The van der Waals surface area contributed by atoms with Crippen molar-refractivity contribution >= 4 is 14.6 Å². The monoisotopic (exact) mass is 552 g/mol. The quantitative estimate of drug-likeness (QED) is 0.0904. The van der Waals surface area contributed by atoms with Crippen LogP contribution < -0.4 is 0 Å². The van der Waals surface area contributed by atoms with E-state index < -0.39 is 8.32 Å². The molecule has 0 bridgehead atoms. The average molecular weight is 553 g/mol. The van der Waals surface area contributed by atoms with Crippen molar-refractivity contribution in [3.63, 3.8) is 0 Å². The van der Waals surface area contributed by atoms with Gasteiger partial charge in [-0.3, -0.25) is 0 Å². The molecule has 6 nitrogen and oxygen atoms in total. The van der Waals surface area contributed by atoms with Gasteiger partial charge >= 0.3 is 0 Å². The summed E-state index contributed by atoms with van der Waals surface area (Å²) < 4.78 is 30.9. The van der Waals surface area contributed by atoms with Gasteiger partial charge in [-0.2, -0.15) is 0 Å². The zero-order valence-electron chi connectivity index (χ0n) is 25.0. The Labute approximate surface area is 233 Å². The smallest absolute Gasteiger partial charge is 0.192 e. The highest BCUT2D eigenvalue weighted by Gasteiger charge is 2.48. The molecule has 220 valence electrons. The van der Waals surface area contributed by atoms with E-state index in [4.69, 9.17) is 23.4 Å². The van der Waals surface area contributed by atoms with Gasteiger partial charge in [-0.05, 0) is 88.3 Å². The highest BCUT2D eigenvalue weighted by molar-refractivity contribution is 6.74. The number of unbranched alkanes of at least 4 members (excludes halogenated alkanes) is 4. The summed E-state index contributed by atoms with van der Waals surface area (Å²) in [5.74, 6) is 0.343. The first-order valence-electron chi connectivity index (χ1n) is 15.5. The fraction of sp³-hybridized carbons (Fsp3) is 0.903. The van der Waals surface area contributed by atoms with Crippen LogP contribution in [-0.4, -0.2) is 59.2 Å². The molecule has 0 N–H and O–H groups in total. The van der Waals surface area contributed by atoms with E-state index in [-0.39, 0.29) is 41.7 Å². The number of allylic oxidation sites excluding steroid dienone is 1. The number of ether oxygens (including phenoxy) is 4. The molecular weight excluding hydrogens is 496 g/mol. The molecule has 0 aromatic rings. The Hall–Kier alpha value is -0.573. The van der Waals surface area contributed by atoms with Crippen molar-refractivity contribution in [2.24, 2.45) is 11.8 Å². The minimum atomic E-state index is -1.97. The van der Waals surface area contributed by atoms with Crippen molar-refractivity contribution in [3.05, 3.63) is 12.2 Å². The topological polar surface area (TPSA) is 63.2 Å². The Morgan fingerprint density at radius 3 is 2.21 bits per heavy atom. The molecule has 0 aromatic carbocycles. The number of carbonyl (C=O) groups is 1. The molecule has 0 aromatic heterocycles. The van der Waals surface area contributed by atoms with Gasteiger partial charge in [0.25, 0.3) is 0 Å². The number of aldehydes is 1. The third-order valence-electron chi connectivity index (χ3n) is 9.02. The lowest BCUT2D eigenvalue weighted by Gasteiger charge is -2.40. The SMILES string of the molecule is CC(C)(C)[Si](C)(C)O[C@H]1C[C@@H](OC2CCCCO2)[C@H](C=CCCCCCCOC2CCCCO2)[C@H]1CC=O. The summed E-state index contributed by atoms with van der Waals surface area (Å²) in [6.45, 7) is 13.9. The Balaban J connectivity index is 1.51. The van der Waals surface area contributed by atoms with E-state index in [1.54, 1.807) is 0 Å². The van der Waals surface area contributed by atoms with E-state index >= 15 is 0 Å².